The van der Waals surface area contributed by atoms with Gasteiger partial charge in [-0.05, 0) is 18.3 Å². The maximum Gasteiger partial charge on any atom is 0.105 e. The number of aliphatic hydroxyl groups excluding tert-OH is 1. The molecule has 0 aromatic rings. The second kappa shape index (κ2) is 3.85. The molecule has 0 aromatic carbocycles. The number of rotatable bonds is 3. The molecule has 3 N–H and O–H groups in total. The fourth-order valence-corrected chi connectivity index (χ4v) is 0.883. The highest BCUT2D eigenvalue weighted by atomic mass is 16.3. The summed E-state index contributed by atoms with van der Waals surface area (Å²) in [6, 6.07) is 0. The van der Waals surface area contributed by atoms with Crippen LogP contribution in [-0.2, 0) is 0 Å². The molecule has 0 saturated heterocycles. The average Bonchev–Trinajstić information content (AvgIpc) is 1.63. The van der Waals surface area contributed by atoms with Crippen molar-refractivity contribution < 1.29 is 5.11 Å². The Hall–Kier alpha value is -0.0800. The van der Waals surface area contributed by atoms with Crippen molar-refractivity contribution in [1.29, 1.82) is 0 Å². The lowest BCUT2D eigenvalue weighted by atomic mass is 9.98. The van der Waals surface area contributed by atoms with Crippen molar-refractivity contribution in [2.75, 3.05) is 0 Å². The third kappa shape index (κ3) is 4.43. The highest BCUT2D eigenvalue weighted by Gasteiger charge is 2.09. The quantitative estimate of drug-likeness (QED) is 0.560. The first-order valence-electron chi connectivity index (χ1n) is 3.47. The highest BCUT2D eigenvalue weighted by Crippen LogP contribution is 2.11. The molecule has 2 atom stereocenters. The summed E-state index contributed by atoms with van der Waals surface area (Å²) in [6.45, 7) is 6.21. The second-order valence-corrected chi connectivity index (χ2v) is 3.10. The van der Waals surface area contributed by atoms with Crippen LogP contribution in [-0.4, -0.2) is 11.3 Å². The molecule has 1 unspecified atom stereocenters. The van der Waals surface area contributed by atoms with Gasteiger partial charge in [-0.3, -0.25) is 0 Å². The van der Waals surface area contributed by atoms with Crippen LogP contribution in [0.4, 0.5) is 0 Å². The maximum atomic E-state index is 8.85. The molecule has 0 aliphatic carbocycles. The Bertz CT molecular complexity index is 71.3. The number of hydrogen-bond donors (Lipinski definition) is 2. The normalized spacial score (nSPS) is 18.0. The van der Waals surface area contributed by atoms with Crippen LogP contribution in [0.1, 0.15) is 27.2 Å². The summed E-state index contributed by atoms with van der Waals surface area (Å²) in [6.07, 6.45) is 0.352. The van der Waals surface area contributed by atoms with Gasteiger partial charge in [0.25, 0.3) is 0 Å². The smallest absolute Gasteiger partial charge is 0.105 e. The molecule has 0 amide bonds. The third-order valence-electron chi connectivity index (χ3n) is 1.43. The van der Waals surface area contributed by atoms with E-state index in [0.717, 1.165) is 6.42 Å². The van der Waals surface area contributed by atoms with Crippen molar-refractivity contribution in [2.24, 2.45) is 17.6 Å². The Morgan fingerprint density at radius 3 is 1.89 bits per heavy atom. The summed E-state index contributed by atoms with van der Waals surface area (Å²) in [5.74, 6) is 0.850. The molecule has 0 aromatic heterocycles. The van der Waals surface area contributed by atoms with Gasteiger partial charge in [-0.15, -0.1) is 0 Å². The lowest BCUT2D eigenvalue weighted by Gasteiger charge is -2.15. The first-order valence-corrected chi connectivity index (χ1v) is 3.47. The highest BCUT2D eigenvalue weighted by molar-refractivity contribution is 4.59. The number of nitrogens with two attached hydrogens (primary N) is 1. The number of aliphatic hydroxyl groups is 1. The molecule has 0 rings (SSSR count). The zero-order valence-corrected chi connectivity index (χ0v) is 6.46. The lowest BCUT2D eigenvalue weighted by Crippen LogP contribution is -2.28. The van der Waals surface area contributed by atoms with Gasteiger partial charge < -0.3 is 10.8 Å². The maximum absolute atomic E-state index is 8.85. The number of hydrogen-bond acceptors (Lipinski definition) is 2. The van der Waals surface area contributed by atoms with E-state index in [-0.39, 0.29) is 5.92 Å². The van der Waals surface area contributed by atoms with Crippen molar-refractivity contribution >= 4 is 0 Å². The minimum atomic E-state index is -0.646. The van der Waals surface area contributed by atoms with Crippen LogP contribution in [0.5, 0.6) is 0 Å². The molecule has 0 heterocycles. The van der Waals surface area contributed by atoms with E-state index < -0.39 is 6.23 Å². The van der Waals surface area contributed by atoms with E-state index in [1.165, 1.54) is 0 Å². The SMILES string of the molecule is CC(C)C[C@H](C)C(N)O. The summed E-state index contributed by atoms with van der Waals surface area (Å²) < 4.78 is 0. The van der Waals surface area contributed by atoms with Crippen molar-refractivity contribution in [3.63, 3.8) is 0 Å². The van der Waals surface area contributed by atoms with Crippen LogP contribution < -0.4 is 5.73 Å². The van der Waals surface area contributed by atoms with Gasteiger partial charge >= 0.3 is 0 Å². The lowest BCUT2D eigenvalue weighted by molar-refractivity contribution is 0.111. The van der Waals surface area contributed by atoms with E-state index in [2.05, 4.69) is 13.8 Å². The summed E-state index contributed by atoms with van der Waals surface area (Å²) in [7, 11) is 0. The van der Waals surface area contributed by atoms with Gasteiger partial charge in [0.05, 0.1) is 0 Å². The molecule has 2 nitrogen and oxygen atoms in total. The summed E-state index contributed by atoms with van der Waals surface area (Å²) in [5.41, 5.74) is 5.24. The minimum absolute atomic E-state index is 0.227. The van der Waals surface area contributed by atoms with Crippen LogP contribution in [0.2, 0.25) is 0 Å². The Morgan fingerprint density at radius 2 is 1.78 bits per heavy atom. The zero-order valence-electron chi connectivity index (χ0n) is 6.46. The molecule has 0 radical (unpaired) electrons. The molecule has 2 heteroatoms. The monoisotopic (exact) mass is 131 g/mol. The van der Waals surface area contributed by atoms with E-state index in [1.54, 1.807) is 0 Å². The predicted octanol–water partition coefficient (Wildman–Crippen LogP) is 0.946. The van der Waals surface area contributed by atoms with Gasteiger partial charge in [-0.1, -0.05) is 20.8 Å². The first-order chi connectivity index (χ1) is 4.04. The van der Waals surface area contributed by atoms with Crippen molar-refractivity contribution in [3.8, 4) is 0 Å². The van der Waals surface area contributed by atoms with Crippen molar-refractivity contribution in [3.05, 3.63) is 0 Å². The van der Waals surface area contributed by atoms with E-state index in [9.17, 15) is 0 Å². The van der Waals surface area contributed by atoms with Crippen LogP contribution in [0, 0.1) is 11.8 Å². The van der Waals surface area contributed by atoms with E-state index in [1.807, 2.05) is 6.92 Å². The topological polar surface area (TPSA) is 46.2 Å². The predicted molar refractivity (Wildman–Crippen MR) is 38.8 cm³/mol. The fraction of sp³-hybridized carbons (Fsp3) is 1.00. The van der Waals surface area contributed by atoms with Gasteiger partial charge in [0.2, 0.25) is 0 Å². The van der Waals surface area contributed by atoms with Gasteiger partial charge in [-0.2, -0.15) is 0 Å². The second-order valence-electron chi connectivity index (χ2n) is 3.10. The molecule has 0 bridgehead atoms. The first kappa shape index (κ1) is 8.92. The Labute approximate surface area is 57.1 Å². The molecule has 0 aliphatic heterocycles. The van der Waals surface area contributed by atoms with Crippen LogP contribution in [0.25, 0.3) is 0 Å². The van der Waals surface area contributed by atoms with E-state index >= 15 is 0 Å². The molecule has 0 fully saturated rings. The van der Waals surface area contributed by atoms with Gasteiger partial charge in [-0.25, -0.2) is 0 Å². The summed E-state index contributed by atoms with van der Waals surface area (Å²) >= 11 is 0. The van der Waals surface area contributed by atoms with Crippen LogP contribution in [0.15, 0.2) is 0 Å². The van der Waals surface area contributed by atoms with E-state index in [4.69, 9.17) is 10.8 Å². The minimum Gasteiger partial charge on any atom is -0.379 e. The van der Waals surface area contributed by atoms with Crippen molar-refractivity contribution in [2.45, 2.75) is 33.4 Å². The van der Waals surface area contributed by atoms with Gasteiger partial charge in [0.1, 0.15) is 6.23 Å². The molecular weight excluding hydrogens is 114 g/mol. The Balaban J connectivity index is 3.38. The molecular formula is C7H17NO. The van der Waals surface area contributed by atoms with Crippen LogP contribution in [0.3, 0.4) is 0 Å². The Kier molecular flexibility index (Phi) is 3.82. The van der Waals surface area contributed by atoms with Gasteiger partial charge in [0, 0.05) is 0 Å². The van der Waals surface area contributed by atoms with Crippen LogP contribution >= 0.6 is 0 Å². The third-order valence-corrected chi connectivity index (χ3v) is 1.43. The summed E-state index contributed by atoms with van der Waals surface area (Å²) in [5, 5.41) is 8.85. The summed E-state index contributed by atoms with van der Waals surface area (Å²) in [4.78, 5) is 0. The van der Waals surface area contributed by atoms with Gasteiger partial charge in [0.15, 0.2) is 0 Å². The largest absolute Gasteiger partial charge is 0.379 e. The molecule has 56 valence electrons. The molecule has 0 saturated carbocycles. The zero-order chi connectivity index (χ0) is 7.44. The van der Waals surface area contributed by atoms with Crippen molar-refractivity contribution in [1.82, 2.24) is 0 Å². The van der Waals surface area contributed by atoms with E-state index in [0.29, 0.717) is 5.92 Å². The molecule has 0 spiro atoms. The fourth-order valence-electron chi connectivity index (χ4n) is 0.883. The standard InChI is InChI=1S/C7H17NO/c1-5(2)4-6(3)7(8)9/h5-7,9H,4,8H2,1-3H3/t6-,7?/m0/s1. The molecule has 0 aliphatic rings. The molecule has 9 heavy (non-hydrogen) atoms. The average molecular weight is 131 g/mol. The Morgan fingerprint density at radius 1 is 1.33 bits per heavy atom.